The Hall–Kier alpha value is -1.51. The molecule has 0 atom stereocenters. The summed E-state index contributed by atoms with van der Waals surface area (Å²) >= 11 is 0. The van der Waals surface area contributed by atoms with Crippen molar-refractivity contribution in [1.82, 2.24) is 0 Å². The highest BCUT2D eigenvalue weighted by molar-refractivity contribution is 5.74. The maximum Gasteiger partial charge on any atom is 0.309 e. The van der Waals surface area contributed by atoms with Crippen LogP contribution in [-0.2, 0) is 4.79 Å². The van der Waals surface area contributed by atoms with Gasteiger partial charge in [0.1, 0.15) is 5.75 Å². The Labute approximate surface area is 115 Å². The Bertz CT molecular complexity index is 413. The molecular formula is C16H24O3. The molecule has 1 rings (SSSR count). The minimum Gasteiger partial charge on any atom is -0.493 e. The van der Waals surface area contributed by atoms with Gasteiger partial charge in [0, 0.05) is 0 Å². The summed E-state index contributed by atoms with van der Waals surface area (Å²) in [7, 11) is 0. The Morgan fingerprint density at radius 2 is 1.74 bits per heavy atom. The fraction of sp³-hybridized carbons (Fsp3) is 0.562. The highest BCUT2D eigenvalue weighted by Crippen LogP contribution is 2.32. The van der Waals surface area contributed by atoms with Gasteiger partial charge in [0.05, 0.1) is 12.0 Å². The lowest BCUT2D eigenvalue weighted by atomic mass is 9.79. The number of hydrogen-bond donors (Lipinski definition) is 1. The van der Waals surface area contributed by atoms with Crippen molar-refractivity contribution in [2.45, 2.75) is 47.0 Å². The number of carbonyl (C=O) groups is 1. The lowest BCUT2D eigenvalue weighted by molar-refractivity contribution is -0.150. The van der Waals surface area contributed by atoms with Crippen LogP contribution in [0.1, 0.15) is 44.2 Å². The van der Waals surface area contributed by atoms with Crippen LogP contribution in [0.2, 0.25) is 0 Å². The molecule has 0 aliphatic heterocycles. The van der Waals surface area contributed by atoms with Crippen molar-refractivity contribution in [3.8, 4) is 5.75 Å². The molecule has 1 aromatic rings. The van der Waals surface area contributed by atoms with Gasteiger partial charge in [0.25, 0.3) is 0 Å². The zero-order valence-electron chi connectivity index (χ0n) is 12.3. The molecule has 0 heterocycles. The number of benzene rings is 1. The van der Waals surface area contributed by atoms with Crippen LogP contribution in [0.4, 0.5) is 0 Å². The molecule has 106 valence electrons. The molecule has 3 heteroatoms. The van der Waals surface area contributed by atoms with Gasteiger partial charge in [-0.05, 0) is 44.2 Å². The third kappa shape index (κ3) is 3.49. The number of hydrogen-bond acceptors (Lipinski definition) is 2. The topological polar surface area (TPSA) is 46.5 Å². The summed E-state index contributed by atoms with van der Waals surface area (Å²) in [5, 5.41) is 9.37. The molecule has 0 radical (unpaired) electrons. The number of rotatable bonds is 7. The Morgan fingerprint density at radius 1 is 1.21 bits per heavy atom. The van der Waals surface area contributed by atoms with Gasteiger partial charge in [0.15, 0.2) is 0 Å². The minimum absolute atomic E-state index is 0.444. The highest BCUT2D eigenvalue weighted by Gasteiger charge is 2.34. The van der Waals surface area contributed by atoms with E-state index in [2.05, 4.69) is 0 Å². The average molecular weight is 264 g/mol. The van der Waals surface area contributed by atoms with Gasteiger partial charge in [-0.15, -0.1) is 0 Å². The number of aryl methyl sites for hydroxylation is 2. The fourth-order valence-corrected chi connectivity index (χ4v) is 2.39. The normalized spacial score (nSPS) is 11.4. The molecule has 0 saturated carbocycles. The first-order chi connectivity index (χ1) is 8.96. The molecule has 1 N–H and O–H groups in total. The standard InChI is InChI=1S/C16H24O3/c1-5-16(6-2,15(17)18)10-11-19-14-12(3)8-7-9-13(14)4/h7-9H,5-6,10-11H2,1-4H3,(H,17,18). The number of ether oxygens (including phenoxy) is 1. The van der Waals surface area contributed by atoms with Crippen LogP contribution in [-0.4, -0.2) is 17.7 Å². The highest BCUT2D eigenvalue weighted by atomic mass is 16.5. The average Bonchev–Trinajstić information content (AvgIpc) is 2.38. The molecular weight excluding hydrogens is 240 g/mol. The van der Waals surface area contributed by atoms with Crippen molar-refractivity contribution >= 4 is 5.97 Å². The van der Waals surface area contributed by atoms with E-state index in [0.717, 1.165) is 16.9 Å². The van der Waals surface area contributed by atoms with Crippen LogP contribution >= 0.6 is 0 Å². The zero-order chi connectivity index (χ0) is 14.5. The van der Waals surface area contributed by atoms with Gasteiger partial charge in [-0.3, -0.25) is 4.79 Å². The molecule has 0 fully saturated rings. The molecule has 0 aliphatic rings. The first-order valence-electron chi connectivity index (χ1n) is 6.89. The van der Waals surface area contributed by atoms with Gasteiger partial charge in [-0.2, -0.15) is 0 Å². The van der Waals surface area contributed by atoms with Crippen molar-refractivity contribution < 1.29 is 14.6 Å². The molecule has 1 aromatic carbocycles. The Morgan fingerprint density at radius 3 is 2.16 bits per heavy atom. The second kappa shape index (κ2) is 6.60. The molecule has 0 spiro atoms. The van der Waals surface area contributed by atoms with Crippen LogP contribution in [0, 0.1) is 19.3 Å². The molecule has 0 amide bonds. The fourth-order valence-electron chi connectivity index (χ4n) is 2.39. The summed E-state index contributed by atoms with van der Waals surface area (Å²) in [4.78, 5) is 11.4. The van der Waals surface area contributed by atoms with Gasteiger partial charge < -0.3 is 9.84 Å². The summed E-state index contributed by atoms with van der Waals surface area (Å²) in [5.74, 6) is 0.164. The van der Waals surface area contributed by atoms with Gasteiger partial charge in [0.2, 0.25) is 0 Å². The quantitative estimate of drug-likeness (QED) is 0.810. The van der Waals surface area contributed by atoms with Crippen molar-refractivity contribution in [1.29, 1.82) is 0 Å². The van der Waals surface area contributed by atoms with Crippen molar-refractivity contribution in [2.75, 3.05) is 6.61 Å². The summed E-state index contributed by atoms with van der Waals surface area (Å²) in [6.07, 6.45) is 1.81. The van der Waals surface area contributed by atoms with E-state index in [1.807, 2.05) is 45.9 Å². The molecule has 0 aliphatic carbocycles. The van der Waals surface area contributed by atoms with Crippen LogP contribution in [0.5, 0.6) is 5.75 Å². The van der Waals surface area contributed by atoms with Gasteiger partial charge in [-0.1, -0.05) is 32.0 Å². The lowest BCUT2D eigenvalue weighted by Crippen LogP contribution is -2.31. The summed E-state index contributed by atoms with van der Waals surface area (Å²) in [6.45, 7) is 8.31. The van der Waals surface area contributed by atoms with Crippen LogP contribution in [0.25, 0.3) is 0 Å². The number of carboxylic acids is 1. The molecule has 0 unspecified atom stereocenters. The van der Waals surface area contributed by atoms with Gasteiger partial charge >= 0.3 is 5.97 Å². The van der Waals surface area contributed by atoms with E-state index < -0.39 is 11.4 Å². The molecule has 0 aromatic heterocycles. The number of aliphatic carboxylic acids is 1. The van der Waals surface area contributed by atoms with Crippen LogP contribution in [0.3, 0.4) is 0 Å². The van der Waals surface area contributed by atoms with E-state index >= 15 is 0 Å². The summed E-state index contributed by atoms with van der Waals surface area (Å²) < 4.78 is 5.81. The maximum absolute atomic E-state index is 11.4. The smallest absolute Gasteiger partial charge is 0.309 e. The van der Waals surface area contributed by atoms with E-state index in [4.69, 9.17) is 4.74 Å². The molecule has 0 bridgehead atoms. The van der Waals surface area contributed by atoms with Crippen LogP contribution in [0.15, 0.2) is 18.2 Å². The zero-order valence-corrected chi connectivity index (χ0v) is 12.3. The lowest BCUT2D eigenvalue weighted by Gasteiger charge is -2.26. The van der Waals surface area contributed by atoms with Crippen LogP contribution < -0.4 is 4.74 Å². The summed E-state index contributed by atoms with van der Waals surface area (Å²) in [6, 6.07) is 6.01. The molecule has 0 saturated heterocycles. The minimum atomic E-state index is -0.720. The van der Waals surface area contributed by atoms with E-state index in [1.165, 1.54) is 0 Å². The first kappa shape index (κ1) is 15.5. The van der Waals surface area contributed by atoms with E-state index in [-0.39, 0.29) is 0 Å². The second-order valence-corrected chi connectivity index (χ2v) is 5.11. The molecule has 19 heavy (non-hydrogen) atoms. The molecule has 3 nitrogen and oxygen atoms in total. The monoisotopic (exact) mass is 264 g/mol. The second-order valence-electron chi connectivity index (χ2n) is 5.11. The van der Waals surface area contributed by atoms with Crippen molar-refractivity contribution in [2.24, 2.45) is 5.41 Å². The van der Waals surface area contributed by atoms with E-state index in [9.17, 15) is 9.90 Å². The summed E-state index contributed by atoms with van der Waals surface area (Å²) in [5.41, 5.74) is 1.53. The number of para-hydroxylation sites is 1. The predicted octanol–water partition coefficient (Wildman–Crippen LogP) is 3.96. The van der Waals surface area contributed by atoms with Crippen molar-refractivity contribution in [3.63, 3.8) is 0 Å². The SMILES string of the molecule is CCC(CC)(CCOc1c(C)cccc1C)C(=O)O. The maximum atomic E-state index is 11.4. The third-order valence-corrected chi connectivity index (χ3v) is 4.04. The van der Waals surface area contributed by atoms with E-state index in [1.54, 1.807) is 0 Å². The van der Waals surface area contributed by atoms with Gasteiger partial charge in [-0.25, -0.2) is 0 Å². The third-order valence-electron chi connectivity index (χ3n) is 4.04. The number of carboxylic acid groups (broad SMARTS) is 1. The Balaban J connectivity index is 2.70. The van der Waals surface area contributed by atoms with E-state index in [0.29, 0.717) is 25.9 Å². The first-order valence-corrected chi connectivity index (χ1v) is 6.89. The largest absolute Gasteiger partial charge is 0.493 e. The predicted molar refractivity (Wildman–Crippen MR) is 76.7 cm³/mol. The van der Waals surface area contributed by atoms with Crippen molar-refractivity contribution in [3.05, 3.63) is 29.3 Å². The Kier molecular flexibility index (Phi) is 5.40.